The van der Waals surface area contributed by atoms with Crippen molar-refractivity contribution in [2.45, 2.75) is 63.5 Å². The zero-order chi connectivity index (χ0) is 17.3. The quantitative estimate of drug-likeness (QED) is 0.916. The van der Waals surface area contributed by atoms with Crippen LogP contribution in [0.25, 0.3) is 0 Å². The molecule has 1 amide bonds. The zero-order valence-corrected chi connectivity index (χ0v) is 14.0. The number of rotatable bonds is 4. The zero-order valence-electron chi connectivity index (χ0n) is 14.0. The summed E-state index contributed by atoms with van der Waals surface area (Å²) in [6, 6.07) is 5.78. The third-order valence-electron chi connectivity index (χ3n) is 5.58. The first-order chi connectivity index (χ1) is 11.5. The average Bonchev–Trinajstić information content (AvgIpc) is 2.95. The van der Waals surface area contributed by atoms with Gasteiger partial charge in [-0.25, -0.2) is 9.18 Å². The molecule has 4 nitrogen and oxygen atoms in total. The maximum Gasteiger partial charge on any atom is 0.326 e. The van der Waals surface area contributed by atoms with Gasteiger partial charge in [0.1, 0.15) is 11.9 Å². The number of carboxylic acids is 1. The summed E-state index contributed by atoms with van der Waals surface area (Å²) in [7, 11) is 0. The minimum absolute atomic E-state index is 0.0418. The molecule has 2 fully saturated rings. The van der Waals surface area contributed by atoms with Crippen molar-refractivity contribution in [3.8, 4) is 0 Å². The number of nitrogens with zero attached hydrogens (tertiary/aromatic N) is 1. The largest absolute Gasteiger partial charge is 0.480 e. The minimum atomic E-state index is -0.920. The molecule has 0 radical (unpaired) electrons. The predicted octanol–water partition coefficient (Wildman–Crippen LogP) is 3.56. The fourth-order valence-corrected chi connectivity index (χ4v) is 4.39. The van der Waals surface area contributed by atoms with Gasteiger partial charge in [-0.05, 0) is 42.7 Å². The Morgan fingerprint density at radius 3 is 2.71 bits per heavy atom. The van der Waals surface area contributed by atoms with Gasteiger partial charge in [-0.3, -0.25) is 4.79 Å². The van der Waals surface area contributed by atoms with E-state index >= 15 is 0 Å². The number of hydrogen-bond donors (Lipinski definition) is 1. The summed E-state index contributed by atoms with van der Waals surface area (Å²) in [6.45, 7) is 1.82. The molecule has 1 aromatic rings. The van der Waals surface area contributed by atoms with Crippen LogP contribution in [-0.4, -0.2) is 34.0 Å². The maximum atomic E-state index is 13.9. The fraction of sp³-hybridized carbons (Fsp3) is 0.579. The highest BCUT2D eigenvalue weighted by molar-refractivity contribution is 5.85. The Bertz CT molecular complexity index is 633. The second kappa shape index (κ2) is 6.91. The molecular formula is C19H24FNO3. The van der Waals surface area contributed by atoms with Gasteiger partial charge in [0.2, 0.25) is 5.91 Å². The summed E-state index contributed by atoms with van der Waals surface area (Å²) >= 11 is 0. The van der Waals surface area contributed by atoms with Crippen LogP contribution in [0.3, 0.4) is 0 Å². The molecule has 0 bridgehead atoms. The van der Waals surface area contributed by atoms with Gasteiger partial charge in [0, 0.05) is 12.5 Å². The van der Waals surface area contributed by atoms with Crippen molar-refractivity contribution in [1.29, 1.82) is 0 Å². The third kappa shape index (κ3) is 3.17. The van der Waals surface area contributed by atoms with Crippen molar-refractivity contribution in [3.63, 3.8) is 0 Å². The van der Waals surface area contributed by atoms with Gasteiger partial charge in [0.15, 0.2) is 0 Å². The Balaban J connectivity index is 1.77. The molecule has 1 heterocycles. The van der Waals surface area contributed by atoms with E-state index < -0.39 is 12.0 Å². The fourth-order valence-electron chi connectivity index (χ4n) is 4.39. The number of carboxylic acid groups (broad SMARTS) is 1. The van der Waals surface area contributed by atoms with E-state index in [1.807, 2.05) is 6.92 Å². The first-order valence-corrected chi connectivity index (χ1v) is 8.77. The van der Waals surface area contributed by atoms with Crippen LogP contribution in [0.5, 0.6) is 0 Å². The molecule has 0 spiro atoms. The predicted molar refractivity (Wildman–Crippen MR) is 88.1 cm³/mol. The molecule has 1 aliphatic heterocycles. The van der Waals surface area contributed by atoms with E-state index in [1.165, 1.54) is 6.07 Å². The van der Waals surface area contributed by atoms with Crippen LogP contribution in [0.2, 0.25) is 0 Å². The van der Waals surface area contributed by atoms with Crippen molar-refractivity contribution in [1.82, 2.24) is 4.90 Å². The lowest BCUT2D eigenvalue weighted by molar-refractivity contribution is -0.150. The van der Waals surface area contributed by atoms with Gasteiger partial charge in [0.25, 0.3) is 0 Å². The van der Waals surface area contributed by atoms with Crippen molar-refractivity contribution >= 4 is 11.9 Å². The van der Waals surface area contributed by atoms with E-state index in [4.69, 9.17) is 0 Å². The summed E-state index contributed by atoms with van der Waals surface area (Å²) in [5.41, 5.74) is 0.511. The molecule has 4 unspecified atom stereocenters. The minimum Gasteiger partial charge on any atom is -0.480 e. The van der Waals surface area contributed by atoms with Gasteiger partial charge in [-0.1, -0.05) is 38.0 Å². The van der Waals surface area contributed by atoms with Gasteiger partial charge >= 0.3 is 5.97 Å². The van der Waals surface area contributed by atoms with Crippen LogP contribution in [0, 0.1) is 11.7 Å². The topological polar surface area (TPSA) is 57.6 Å². The second-order valence-corrected chi connectivity index (χ2v) is 7.13. The number of fused-ring (bicyclic) bond motifs is 1. The Hall–Kier alpha value is -1.91. The standard InChI is InChI=1S/C19H24FNO3/c1-12(14-7-3-4-8-15(14)20)10-18(22)21-16-9-5-2-6-13(16)11-17(21)19(23)24/h3-4,7-8,12-13,16-17H,2,5-6,9-11H2,1H3,(H,23,24). The van der Waals surface area contributed by atoms with Gasteiger partial charge < -0.3 is 10.0 Å². The van der Waals surface area contributed by atoms with Crippen LogP contribution in [0.1, 0.15) is 56.9 Å². The lowest BCUT2D eigenvalue weighted by atomic mass is 9.84. The molecule has 1 saturated carbocycles. The summed E-state index contributed by atoms with van der Waals surface area (Å²) < 4.78 is 13.9. The van der Waals surface area contributed by atoms with Crippen molar-refractivity contribution in [3.05, 3.63) is 35.6 Å². The molecule has 24 heavy (non-hydrogen) atoms. The molecule has 4 atom stereocenters. The molecule has 1 N–H and O–H groups in total. The highest BCUT2D eigenvalue weighted by Crippen LogP contribution is 2.40. The number of amides is 1. The molecule has 130 valence electrons. The third-order valence-corrected chi connectivity index (χ3v) is 5.58. The molecule has 1 aromatic carbocycles. The smallest absolute Gasteiger partial charge is 0.326 e. The number of aliphatic carboxylic acids is 1. The van der Waals surface area contributed by atoms with Crippen molar-refractivity contribution in [2.75, 3.05) is 0 Å². The van der Waals surface area contributed by atoms with Crippen molar-refractivity contribution < 1.29 is 19.1 Å². The Morgan fingerprint density at radius 1 is 1.29 bits per heavy atom. The number of likely N-dealkylation sites (tertiary alicyclic amines) is 1. The number of benzene rings is 1. The summed E-state index contributed by atoms with van der Waals surface area (Å²) in [4.78, 5) is 26.1. The Morgan fingerprint density at radius 2 is 2.00 bits per heavy atom. The lowest BCUT2D eigenvalue weighted by Crippen LogP contribution is -2.46. The van der Waals surface area contributed by atoms with E-state index in [9.17, 15) is 19.1 Å². The molecule has 5 heteroatoms. The maximum absolute atomic E-state index is 13.9. The monoisotopic (exact) mass is 333 g/mol. The molecule has 0 aromatic heterocycles. The highest BCUT2D eigenvalue weighted by atomic mass is 19.1. The van der Waals surface area contributed by atoms with Crippen LogP contribution >= 0.6 is 0 Å². The van der Waals surface area contributed by atoms with E-state index in [2.05, 4.69) is 0 Å². The van der Waals surface area contributed by atoms with Gasteiger partial charge in [0.05, 0.1) is 0 Å². The van der Waals surface area contributed by atoms with E-state index in [0.29, 0.717) is 17.9 Å². The molecule has 3 rings (SSSR count). The summed E-state index contributed by atoms with van der Waals surface area (Å²) in [5.74, 6) is -1.36. The number of carbonyl (C=O) groups is 2. The van der Waals surface area contributed by atoms with Crippen LogP contribution in [-0.2, 0) is 9.59 Å². The van der Waals surface area contributed by atoms with E-state index in [0.717, 1.165) is 25.7 Å². The summed E-state index contributed by atoms with van der Waals surface area (Å²) in [5, 5.41) is 9.52. The molecule has 1 aliphatic carbocycles. The number of halogens is 1. The molecule has 1 saturated heterocycles. The molecule has 2 aliphatic rings. The second-order valence-electron chi connectivity index (χ2n) is 7.13. The average molecular weight is 333 g/mol. The number of carbonyl (C=O) groups excluding carboxylic acids is 1. The number of hydrogen-bond acceptors (Lipinski definition) is 2. The summed E-state index contributed by atoms with van der Waals surface area (Å²) in [6.07, 6.45) is 4.74. The highest BCUT2D eigenvalue weighted by Gasteiger charge is 2.47. The van der Waals surface area contributed by atoms with Crippen LogP contribution in [0.15, 0.2) is 24.3 Å². The van der Waals surface area contributed by atoms with Gasteiger partial charge in [-0.2, -0.15) is 0 Å². The first kappa shape index (κ1) is 16.9. The van der Waals surface area contributed by atoms with E-state index in [1.54, 1.807) is 23.1 Å². The molecular weight excluding hydrogens is 309 g/mol. The Kier molecular flexibility index (Phi) is 4.88. The first-order valence-electron chi connectivity index (χ1n) is 8.77. The van der Waals surface area contributed by atoms with Crippen molar-refractivity contribution in [2.24, 2.45) is 5.92 Å². The van der Waals surface area contributed by atoms with Crippen LogP contribution < -0.4 is 0 Å². The SMILES string of the molecule is CC(CC(=O)N1C(C(=O)O)CC2CCCCC21)c1ccccc1F. The normalized spacial score (nSPS) is 27.6. The van der Waals surface area contributed by atoms with E-state index in [-0.39, 0.29) is 30.1 Å². The lowest BCUT2D eigenvalue weighted by Gasteiger charge is -2.33. The Labute approximate surface area is 141 Å². The van der Waals surface area contributed by atoms with Crippen LogP contribution in [0.4, 0.5) is 4.39 Å². The van der Waals surface area contributed by atoms with Gasteiger partial charge in [-0.15, -0.1) is 0 Å².